The highest BCUT2D eigenvalue weighted by Crippen LogP contribution is 2.02. The maximum atomic E-state index is 8.68. The molecule has 0 aliphatic heterocycles. The van der Waals surface area contributed by atoms with Crippen LogP contribution in [-0.2, 0) is 0 Å². The lowest BCUT2D eigenvalue weighted by molar-refractivity contribution is 0.288. The topological polar surface area (TPSA) is 73.9 Å². The summed E-state index contributed by atoms with van der Waals surface area (Å²) in [5.74, 6) is 0.271. The predicted molar refractivity (Wildman–Crippen MR) is 77.1 cm³/mol. The van der Waals surface area contributed by atoms with E-state index in [-0.39, 0.29) is 11.9 Å². The Morgan fingerprint density at radius 2 is 1.94 bits per heavy atom. The zero-order valence-corrected chi connectivity index (χ0v) is 12.3. The maximum Gasteiger partial charge on any atom is 0.156 e. The Bertz CT molecular complexity index is 229. The lowest BCUT2D eigenvalue weighted by atomic mass is 10.1. The van der Waals surface area contributed by atoms with Crippen molar-refractivity contribution in [3.8, 4) is 0 Å². The third kappa shape index (κ3) is 6.81. The minimum atomic E-state index is -0.0292. The van der Waals surface area contributed by atoms with Crippen LogP contribution in [0.25, 0.3) is 0 Å². The molecule has 0 radical (unpaired) electrons. The number of amidine groups is 1. The highest BCUT2D eigenvalue weighted by molar-refractivity contribution is 5.85. The quantitative estimate of drug-likeness (QED) is 0.241. The molecule has 18 heavy (non-hydrogen) atoms. The molecule has 5 nitrogen and oxygen atoms in total. The van der Waals surface area contributed by atoms with Gasteiger partial charge in [-0.3, -0.25) is 0 Å². The number of nitrogens with zero attached hydrogens (tertiary/aromatic N) is 2. The van der Waals surface area contributed by atoms with E-state index in [1.54, 1.807) is 0 Å². The van der Waals surface area contributed by atoms with E-state index in [1.165, 1.54) is 6.42 Å². The summed E-state index contributed by atoms with van der Waals surface area (Å²) >= 11 is 0. The van der Waals surface area contributed by atoms with Gasteiger partial charge in [-0.1, -0.05) is 25.9 Å². The standard InChI is InChI=1S/C13H30N4O/c1-5-12(13(14)16-18)15-11(4)9-8-10-17(6-2)7-3/h11-12,15,18H,5-10H2,1-4H3,(H2,14,16). The molecule has 2 unspecified atom stereocenters. The minimum absolute atomic E-state index is 0.0292. The largest absolute Gasteiger partial charge is 0.409 e. The molecular weight excluding hydrogens is 228 g/mol. The van der Waals surface area contributed by atoms with Crippen LogP contribution in [0.5, 0.6) is 0 Å². The molecule has 0 aromatic carbocycles. The highest BCUT2D eigenvalue weighted by Gasteiger charge is 2.14. The van der Waals surface area contributed by atoms with Crippen molar-refractivity contribution >= 4 is 5.84 Å². The van der Waals surface area contributed by atoms with E-state index in [1.807, 2.05) is 6.92 Å². The summed E-state index contributed by atoms with van der Waals surface area (Å²) < 4.78 is 0. The van der Waals surface area contributed by atoms with E-state index in [0.717, 1.165) is 32.5 Å². The van der Waals surface area contributed by atoms with E-state index in [2.05, 4.69) is 36.1 Å². The fourth-order valence-corrected chi connectivity index (χ4v) is 2.07. The van der Waals surface area contributed by atoms with Crippen molar-refractivity contribution in [3.63, 3.8) is 0 Å². The molecule has 0 aromatic rings. The van der Waals surface area contributed by atoms with Gasteiger partial charge in [0.15, 0.2) is 5.84 Å². The normalized spacial score (nSPS) is 15.9. The Kier molecular flexibility index (Phi) is 9.69. The van der Waals surface area contributed by atoms with Crippen molar-refractivity contribution in [1.82, 2.24) is 10.2 Å². The third-order valence-electron chi connectivity index (χ3n) is 3.37. The van der Waals surface area contributed by atoms with Crippen LogP contribution >= 0.6 is 0 Å². The molecule has 0 aromatic heterocycles. The Labute approximate surface area is 111 Å². The van der Waals surface area contributed by atoms with Gasteiger partial charge in [-0.05, 0) is 45.8 Å². The van der Waals surface area contributed by atoms with Gasteiger partial charge in [-0.15, -0.1) is 0 Å². The van der Waals surface area contributed by atoms with Crippen molar-refractivity contribution < 1.29 is 5.21 Å². The molecule has 4 N–H and O–H groups in total. The van der Waals surface area contributed by atoms with Gasteiger partial charge in [0.25, 0.3) is 0 Å². The zero-order chi connectivity index (χ0) is 14.0. The van der Waals surface area contributed by atoms with Gasteiger partial charge in [-0.25, -0.2) is 0 Å². The summed E-state index contributed by atoms with van der Waals surface area (Å²) in [4.78, 5) is 2.42. The van der Waals surface area contributed by atoms with Crippen molar-refractivity contribution in [2.24, 2.45) is 10.9 Å². The molecule has 2 atom stereocenters. The number of nitrogens with two attached hydrogens (primary N) is 1. The van der Waals surface area contributed by atoms with Crippen LogP contribution in [-0.4, -0.2) is 47.7 Å². The molecule has 0 aliphatic rings. The Morgan fingerprint density at radius 3 is 2.39 bits per heavy atom. The van der Waals surface area contributed by atoms with Crippen LogP contribution in [0, 0.1) is 0 Å². The summed E-state index contributed by atoms with van der Waals surface area (Å²) in [6.45, 7) is 11.9. The number of rotatable bonds is 10. The van der Waals surface area contributed by atoms with Gasteiger partial charge in [0.2, 0.25) is 0 Å². The van der Waals surface area contributed by atoms with E-state index < -0.39 is 0 Å². The average molecular weight is 258 g/mol. The number of hydrogen-bond donors (Lipinski definition) is 3. The summed E-state index contributed by atoms with van der Waals surface area (Å²) in [7, 11) is 0. The van der Waals surface area contributed by atoms with Gasteiger partial charge in [0, 0.05) is 6.04 Å². The van der Waals surface area contributed by atoms with Crippen LogP contribution in [0.2, 0.25) is 0 Å². The van der Waals surface area contributed by atoms with Crippen LogP contribution in [0.15, 0.2) is 5.16 Å². The Balaban J connectivity index is 3.92. The molecule has 0 aliphatic carbocycles. The zero-order valence-electron chi connectivity index (χ0n) is 12.3. The molecule has 0 amide bonds. The van der Waals surface area contributed by atoms with Gasteiger partial charge in [-0.2, -0.15) is 0 Å². The second kappa shape index (κ2) is 10.1. The van der Waals surface area contributed by atoms with Crippen LogP contribution < -0.4 is 11.1 Å². The first kappa shape index (κ1) is 17.2. The van der Waals surface area contributed by atoms with Gasteiger partial charge >= 0.3 is 0 Å². The second-order valence-electron chi connectivity index (χ2n) is 4.72. The molecule has 0 spiro atoms. The molecule has 108 valence electrons. The molecule has 0 saturated heterocycles. The van der Waals surface area contributed by atoms with Crippen LogP contribution in [0.4, 0.5) is 0 Å². The van der Waals surface area contributed by atoms with Crippen molar-refractivity contribution in [3.05, 3.63) is 0 Å². The van der Waals surface area contributed by atoms with Crippen molar-refractivity contribution in [2.45, 2.75) is 59.0 Å². The highest BCUT2D eigenvalue weighted by atomic mass is 16.4. The average Bonchev–Trinajstić information content (AvgIpc) is 2.40. The molecule has 0 bridgehead atoms. The first-order valence-corrected chi connectivity index (χ1v) is 7.04. The number of nitrogens with one attached hydrogen (secondary N) is 1. The van der Waals surface area contributed by atoms with E-state index in [4.69, 9.17) is 10.9 Å². The summed E-state index contributed by atoms with van der Waals surface area (Å²) in [6.07, 6.45) is 3.10. The van der Waals surface area contributed by atoms with Crippen LogP contribution in [0.1, 0.15) is 47.0 Å². The SMILES string of the molecule is CCC(NC(C)CCCN(CC)CC)C(N)=NO. The smallest absolute Gasteiger partial charge is 0.156 e. The number of hydrogen-bond acceptors (Lipinski definition) is 4. The van der Waals surface area contributed by atoms with E-state index in [0.29, 0.717) is 6.04 Å². The van der Waals surface area contributed by atoms with Gasteiger partial charge < -0.3 is 21.2 Å². The minimum Gasteiger partial charge on any atom is -0.409 e. The number of oxime groups is 1. The summed E-state index contributed by atoms with van der Waals surface area (Å²) in [5.41, 5.74) is 5.63. The second-order valence-corrected chi connectivity index (χ2v) is 4.72. The molecule has 0 heterocycles. The van der Waals surface area contributed by atoms with E-state index in [9.17, 15) is 0 Å². The van der Waals surface area contributed by atoms with Crippen LogP contribution in [0.3, 0.4) is 0 Å². The first-order valence-electron chi connectivity index (χ1n) is 7.04. The summed E-state index contributed by atoms with van der Waals surface area (Å²) in [6, 6.07) is 0.351. The predicted octanol–water partition coefficient (Wildman–Crippen LogP) is 1.61. The maximum absolute atomic E-state index is 8.68. The van der Waals surface area contributed by atoms with E-state index >= 15 is 0 Å². The molecule has 5 heteroatoms. The van der Waals surface area contributed by atoms with Gasteiger partial charge in [0.1, 0.15) is 0 Å². The monoisotopic (exact) mass is 258 g/mol. The molecular formula is C13H30N4O. The van der Waals surface area contributed by atoms with Crippen molar-refractivity contribution in [2.75, 3.05) is 19.6 Å². The lowest BCUT2D eigenvalue weighted by Crippen LogP contribution is -2.45. The Morgan fingerprint density at radius 1 is 1.33 bits per heavy atom. The first-order chi connectivity index (χ1) is 8.58. The van der Waals surface area contributed by atoms with Crippen molar-refractivity contribution in [1.29, 1.82) is 0 Å². The van der Waals surface area contributed by atoms with Gasteiger partial charge in [0.05, 0.1) is 6.04 Å². The molecule has 0 saturated carbocycles. The molecule has 0 rings (SSSR count). The Hall–Kier alpha value is -0.810. The third-order valence-corrected chi connectivity index (χ3v) is 3.37. The lowest BCUT2D eigenvalue weighted by Gasteiger charge is -2.23. The fourth-order valence-electron chi connectivity index (χ4n) is 2.07. The fraction of sp³-hybridized carbons (Fsp3) is 0.923. The summed E-state index contributed by atoms with van der Waals surface area (Å²) in [5, 5.41) is 15.1. The molecule has 0 fully saturated rings.